The quantitative estimate of drug-likeness (QED) is 0.537. The van der Waals surface area contributed by atoms with Crippen molar-refractivity contribution in [3.8, 4) is 11.1 Å². The van der Waals surface area contributed by atoms with Crippen molar-refractivity contribution < 1.29 is 0 Å². The number of hydrogen-bond acceptors (Lipinski definition) is 5. The number of aryl methyl sites for hydroxylation is 1. The third-order valence-corrected chi connectivity index (χ3v) is 4.90. The molecule has 3 rings (SSSR count). The number of halogens is 1. The van der Waals surface area contributed by atoms with E-state index in [1.807, 2.05) is 18.2 Å². The summed E-state index contributed by atoms with van der Waals surface area (Å²) in [7, 11) is 4.13. The molecule has 1 unspecified atom stereocenters. The molecule has 124 valence electrons. The van der Waals surface area contributed by atoms with Crippen LogP contribution >= 0.6 is 25.2 Å². The van der Waals surface area contributed by atoms with Crippen LogP contribution in [0, 0.1) is 0 Å². The highest BCUT2D eigenvalue weighted by molar-refractivity contribution is 9.10. The number of nitrogens with two attached hydrogens (primary N) is 2. The molecule has 1 atom stereocenters. The molecule has 24 heavy (non-hydrogen) atoms. The first-order valence-electron chi connectivity index (χ1n) is 7.02. The van der Waals surface area contributed by atoms with Crippen LogP contribution in [0.15, 0.2) is 32.3 Å². The first kappa shape index (κ1) is 16.8. The van der Waals surface area contributed by atoms with Crippen LogP contribution in [0.25, 0.3) is 22.2 Å². The van der Waals surface area contributed by atoms with Crippen LogP contribution in [0.3, 0.4) is 0 Å². The highest BCUT2D eigenvalue weighted by Crippen LogP contribution is 2.35. The van der Waals surface area contributed by atoms with Gasteiger partial charge in [-0.1, -0.05) is 22.0 Å². The summed E-state index contributed by atoms with van der Waals surface area (Å²) in [6.45, 7) is 0.111. The lowest BCUT2D eigenvalue weighted by molar-refractivity contribution is 0.828. The maximum Gasteiger partial charge on any atom is 0.329 e. The number of rotatable bonds is 2. The molecule has 9 heteroatoms. The van der Waals surface area contributed by atoms with Gasteiger partial charge in [0, 0.05) is 29.2 Å². The Hall–Kier alpha value is -2.02. The number of benzene rings is 1. The molecule has 7 nitrogen and oxygen atoms in total. The zero-order valence-corrected chi connectivity index (χ0v) is 15.5. The van der Waals surface area contributed by atoms with Crippen molar-refractivity contribution in [2.24, 2.45) is 12.8 Å². The normalized spacial score (nSPS) is 11.2. The Morgan fingerprint density at radius 1 is 1.38 bits per heavy atom. The van der Waals surface area contributed by atoms with E-state index in [0.29, 0.717) is 11.1 Å². The molecular weight excluding hydrogens is 393 g/mol. The van der Waals surface area contributed by atoms with E-state index in [4.69, 9.17) is 11.5 Å². The molecule has 0 aliphatic carbocycles. The van der Waals surface area contributed by atoms with E-state index >= 15 is 0 Å². The fourth-order valence-corrected chi connectivity index (χ4v) is 3.37. The van der Waals surface area contributed by atoms with Crippen molar-refractivity contribution in [1.29, 1.82) is 0 Å². The Labute approximate surface area is 147 Å². The number of H-pyrrole nitrogens is 1. The molecule has 3 aromatic rings. The minimum Gasteiger partial charge on any atom is -0.383 e. The van der Waals surface area contributed by atoms with Gasteiger partial charge in [0.05, 0.1) is 5.39 Å². The summed E-state index contributed by atoms with van der Waals surface area (Å²) in [5.41, 5.74) is 13.0. The van der Waals surface area contributed by atoms with Gasteiger partial charge < -0.3 is 11.5 Å². The Kier molecular flexibility index (Phi) is 4.29. The van der Waals surface area contributed by atoms with Gasteiger partial charge in [-0.25, -0.2) is 9.78 Å². The number of fused-ring (bicyclic) bond motifs is 1. The predicted molar refractivity (Wildman–Crippen MR) is 102 cm³/mol. The van der Waals surface area contributed by atoms with Crippen molar-refractivity contribution >= 4 is 47.3 Å². The lowest BCUT2D eigenvalue weighted by Crippen LogP contribution is -2.30. The Bertz CT molecular complexity index is 1090. The predicted octanol–water partition coefficient (Wildman–Crippen LogP) is 0.593. The molecular formula is C15H15BrN5O2P. The van der Waals surface area contributed by atoms with Gasteiger partial charge in [-0.15, -0.1) is 9.24 Å². The largest absolute Gasteiger partial charge is 0.383 e. The molecule has 0 saturated carbocycles. The number of aromatic amines is 1. The van der Waals surface area contributed by atoms with Crippen LogP contribution in [0.2, 0.25) is 0 Å². The molecule has 2 heterocycles. The summed E-state index contributed by atoms with van der Waals surface area (Å²) < 4.78 is 2.04. The second-order valence-corrected chi connectivity index (χ2v) is 6.83. The van der Waals surface area contributed by atoms with Gasteiger partial charge in [-0.05, 0) is 23.0 Å². The highest BCUT2D eigenvalue weighted by atomic mass is 79.9. The van der Waals surface area contributed by atoms with Crippen molar-refractivity contribution in [2.45, 2.75) is 6.54 Å². The average molecular weight is 408 g/mol. The first-order valence-corrected chi connectivity index (χ1v) is 8.39. The summed E-state index contributed by atoms with van der Waals surface area (Å²) in [5.74, 6) is 0.196. The fourth-order valence-electron chi connectivity index (χ4n) is 2.66. The molecule has 0 amide bonds. The van der Waals surface area contributed by atoms with E-state index in [0.717, 1.165) is 15.3 Å². The van der Waals surface area contributed by atoms with Crippen molar-refractivity contribution in [3.05, 3.63) is 49.1 Å². The Morgan fingerprint density at radius 2 is 2.08 bits per heavy atom. The summed E-state index contributed by atoms with van der Waals surface area (Å²) >= 11 is 3.51. The van der Waals surface area contributed by atoms with Gasteiger partial charge in [0.2, 0.25) is 0 Å². The standard InChI is InChI=1S/C15H15BrN5O2P/c1-21-13-11(14(22)20-15(21)23)10(8(5-17)12(18)19-13)7-4-6(24)2-3-9(7)16/h2-4H,5,17,24H2,1H3,(H2,18,19)(H,20,22,23). The van der Waals surface area contributed by atoms with Gasteiger partial charge in [0.25, 0.3) is 5.56 Å². The number of pyridine rings is 1. The molecule has 1 aromatic carbocycles. The zero-order chi connectivity index (χ0) is 17.6. The Morgan fingerprint density at radius 3 is 2.75 bits per heavy atom. The summed E-state index contributed by atoms with van der Waals surface area (Å²) in [6, 6.07) is 5.68. The SMILES string of the molecule is Cn1c(=O)[nH]c(=O)c2c(-c3cc(P)ccc3Br)c(CN)c(N)nc21. The van der Waals surface area contributed by atoms with Crippen LogP contribution < -0.4 is 28.0 Å². The lowest BCUT2D eigenvalue weighted by Gasteiger charge is -2.16. The van der Waals surface area contributed by atoms with E-state index in [2.05, 4.69) is 35.1 Å². The Balaban J connectivity index is 2.64. The van der Waals surface area contributed by atoms with Gasteiger partial charge in [0.1, 0.15) is 5.82 Å². The van der Waals surface area contributed by atoms with Gasteiger partial charge in [0.15, 0.2) is 5.65 Å². The van der Waals surface area contributed by atoms with Crippen molar-refractivity contribution in [2.75, 3.05) is 5.73 Å². The van der Waals surface area contributed by atoms with Crippen LogP contribution in [-0.4, -0.2) is 14.5 Å². The summed E-state index contributed by atoms with van der Waals surface area (Å²) in [4.78, 5) is 30.9. The highest BCUT2D eigenvalue weighted by Gasteiger charge is 2.20. The van der Waals surface area contributed by atoms with E-state index in [9.17, 15) is 9.59 Å². The van der Waals surface area contributed by atoms with Gasteiger partial charge in [-0.3, -0.25) is 14.3 Å². The smallest absolute Gasteiger partial charge is 0.329 e. The number of hydrogen-bond donors (Lipinski definition) is 3. The number of nitrogen functional groups attached to an aromatic ring is 1. The molecule has 0 spiro atoms. The number of anilines is 1. The monoisotopic (exact) mass is 407 g/mol. The second kappa shape index (κ2) is 6.12. The molecule has 0 saturated heterocycles. The van der Waals surface area contributed by atoms with Crippen molar-refractivity contribution in [3.63, 3.8) is 0 Å². The van der Waals surface area contributed by atoms with E-state index < -0.39 is 11.2 Å². The van der Waals surface area contributed by atoms with E-state index in [1.54, 1.807) is 0 Å². The molecule has 0 aliphatic rings. The van der Waals surface area contributed by atoms with E-state index in [-0.39, 0.29) is 23.4 Å². The molecule has 5 N–H and O–H groups in total. The minimum absolute atomic E-state index is 0.111. The maximum absolute atomic E-state index is 12.5. The average Bonchev–Trinajstić information content (AvgIpc) is 2.54. The van der Waals surface area contributed by atoms with Crippen LogP contribution in [0.1, 0.15) is 5.56 Å². The molecule has 2 aromatic heterocycles. The van der Waals surface area contributed by atoms with Gasteiger partial charge >= 0.3 is 5.69 Å². The number of aromatic nitrogens is 3. The third kappa shape index (κ3) is 2.56. The van der Waals surface area contributed by atoms with Crippen LogP contribution in [-0.2, 0) is 13.6 Å². The van der Waals surface area contributed by atoms with Crippen LogP contribution in [0.4, 0.5) is 5.82 Å². The number of nitrogens with zero attached hydrogens (tertiary/aromatic N) is 2. The zero-order valence-electron chi connectivity index (χ0n) is 12.8. The lowest BCUT2D eigenvalue weighted by atomic mass is 9.97. The third-order valence-electron chi connectivity index (χ3n) is 3.84. The first-order chi connectivity index (χ1) is 11.3. The molecule has 0 aliphatic heterocycles. The van der Waals surface area contributed by atoms with Crippen LogP contribution in [0.5, 0.6) is 0 Å². The van der Waals surface area contributed by atoms with Crippen molar-refractivity contribution in [1.82, 2.24) is 14.5 Å². The minimum atomic E-state index is -0.551. The van der Waals surface area contributed by atoms with E-state index in [1.165, 1.54) is 11.6 Å². The molecule has 0 fully saturated rings. The van der Waals surface area contributed by atoms with Gasteiger partial charge in [-0.2, -0.15) is 0 Å². The molecule has 0 radical (unpaired) electrons. The summed E-state index contributed by atoms with van der Waals surface area (Å²) in [6.07, 6.45) is 0. The summed E-state index contributed by atoms with van der Waals surface area (Å²) in [5, 5.41) is 1.21. The second-order valence-electron chi connectivity index (χ2n) is 5.31. The topological polar surface area (TPSA) is 120 Å². The number of nitrogens with one attached hydrogen (secondary N) is 1. The molecule has 0 bridgehead atoms. The fraction of sp³-hybridized carbons (Fsp3) is 0.133. The maximum atomic E-state index is 12.5.